The molecule has 6 heteroatoms. The monoisotopic (exact) mass is 446 g/mol. The van der Waals surface area contributed by atoms with Gasteiger partial charge in [-0.3, -0.25) is 4.79 Å². The van der Waals surface area contributed by atoms with Crippen LogP contribution in [0.3, 0.4) is 0 Å². The lowest BCUT2D eigenvalue weighted by atomic mass is 10.1. The SMILES string of the molecule is Cc1ccc(-c2nc(C(=O)Nc3cccc(Br)c3)nn2-c2ccccc2C)cc1. The summed E-state index contributed by atoms with van der Waals surface area (Å²) >= 11 is 3.41. The molecule has 5 nitrogen and oxygen atoms in total. The molecule has 0 fully saturated rings. The summed E-state index contributed by atoms with van der Waals surface area (Å²) in [7, 11) is 0. The average molecular weight is 447 g/mol. The Morgan fingerprint density at radius 2 is 1.72 bits per heavy atom. The number of para-hydroxylation sites is 1. The minimum atomic E-state index is -0.358. The van der Waals surface area contributed by atoms with Gasteiger partial charge in [-0.1, -0.05) is 70.0 Å². The van der Waals surface area contributed by atoms with Gasteiger partial charge in [0.15, 0.2) is 5.82 Å². The van der Waals surface area contributed by atoms with Gasteiger partial charge < -0.3 is 5.32 Å². The van der Waals surface area contributed by atoms with Gasteiger partial charge in [0.05, 0.1) is 5.69 Å². The molecule has 0 spiro atoms. The highest BCUT2D eigenvalue weighted by atomic mass is 79.9. The molecular formula is C23H19BrN4O. The van der Waals surface area contributed by atoms with Gasteiger partial charge in [-0.05, 0) is 43.7 Å². The third-order valence-electron chi connectivity index (χ3n) is 4.55. The first-order valence-electron chi connectivity index (χ1n) is 9.18. The van der Waals surface area contributed by atoms with Crippen LogP contribution in [0.25, 0.3) is 17.1 Å². The molecule has 1 N–H and O–H groups in total. The number of nitrogens with zero attached hydrogens (tertiary/aromatic N) is 3. The Morgan fingerprint density at radius 3 is 2.45 bits per heavy atom. The summed E-state index contributed by atoms with van der Waals surface area (Å²) in [4.78, 5) is 17.4. The lowest BCUT2D eigenvalue weighted by molar-refractivity contribution is 0.101. The molecule has 1 heterocycles. The van der Waals surface area contributed by atoms with Crippen LogP contribution in [0.15, 0.2) is 77.3 Å². The van der Waals surface area contributed by atoms with Gasteiger partial charge in [0.2, 0.25) is 5.82 Å². The molecule has 1 amide bonds. The summed E-state index contributed by atoms with van der Waals surface area (Å²) < 4.78 is 2.62. The predicted octanol–water partition coefficient (Wildman–Crippen LogP) is 5.57. The van der Waals surface area contributed by atoms with E-state index >= 15 is 0 Å². The molecule has 0 atom stereocenters. The van der Waals surface area contributed by atoms with Crippen LogP contribution in [0.1, 0.15) is 21.7 Å². The molecule has 0 saturated heterocycles. The van der Waals surface area contributed by atoms with Gasteiger partial charge in [0.25, 0.3) is 5.91 Å². The van der Waals surface area contributed by atoms with Crippen LogP contribution in [0.4, 0.5) is 5.69 Å². The Balaban J connectivity index is 1.78. The minimum Gasteiger partial charge on any atom is -0.319 e. The fourth-order valence-electron chi connectivity index (χ4n) is 3.02. The fourth-order valence-corrected chi connectivity index (χ4v) is 3.42. The summed E-state index contributed by atoms with van der Waals surface area (Å²) in [6, 6.07) is 23.3. The first kappa shape index (κ1) is 19.1. The Morgan fingerprint density at radius 1 is 0.966 bits per heavy atom. The molecule has 144 valence electrons. The molecule has 0 bridgehead atoms. The van der Waals surface area contributed by atoms with E-state index in [2.05, 4.69) is 31.3 Å². The number of carbonyl (C=O) groups is 1. The van der Waals surface area contributed by atoms with Crippen molar-refractivity contribution in [3.05, 3.63) is 94.2 Å². The highest BCUT2D eigenvalue weighted by Gasteiger charge is 2.19. The molecule has 1 aromatic heterocycles. The van der Waals surface area contributed by atoms with Crippen LogP contribution in [-0.4, -0.2) is 20.7 Å². The molecule has 4 rings (SSSR count). The Hall–Kier alpha value is -3.25. The number of carbonyl (C=O) groups excluding carboxylic acids is 1. The van der Waals surface area contributed by atoms with Gasteiger partial charge in [-0.15, -0.1) is 5.10 Å². The smallest absolute Gasteiger partial charge is 0.295 e. The number of nitrogens with one attached hydrogen (secondary N) is 1. The second-order valence-electron chi connectivity index (χ2n) is 6.79. The number of aryl methyl sites for hydroxylation is 2. The molecule has 0 aliphatic carbocycles. The standard InChI is InChI=1S/C23H19BrN4O/c1-15-10-12-17(13-11-15)22-26-21(23(29)25-19-8-5-7-18(24)14-19)27-28(22)20-9-4-3-6-16(20)2/h3-14H,1-2H3,(H,25,29). The first-order valence-corrected chi connectivity index (χ1v) is 9.97. The van der Waals surface area contributed by atoms with E-state index in [4.69, 9.17) is 0 Å². The van der Waals surface area contributed by atoms with E-state index in [9.17, 15) is 4.79 Å². The molecule has 0 aliphatic rings. The Bertz CT molecular complexity index is 1180. The van der Waals surface area contributed by atoms with Crippen molar-refractivity contribution in [1.29, 1.82) is 0 Å². The molecular weight excluding hydrogens is 428 g/mol. The van der Waals surface area contributed by atoms with Gasteiger partial charge in [-0.2, -0.15) is 0 Å². The van der Waals surface area contributed by atoms with Crippen molar-refractivity contribution in [2.45, 2.75) is 13.8 Å². The van der Waals surface area contributed by atoms with E-state index in [1.807, 2.05) is 86.6 Å². The maximum atomic E-state index is 12.8. The molecule has 0 aliphatic heterocycles. The number of benzene rings is 3. The van der Waals surface area contributed by atoms with E-state index in [1.165, 1.54) is 0 Å². The average Bonchev–Trinajstić information content (AvgIpc) is 3.14. The van der Waals surface area contributed by atoms with Gasteiger partial charge >= 0.3 is 0 Å². The topological polar surface area (TPSA) is 59.8 Å². The number of anilines is 1. The predicted molar refractivity (Wildman–Crippen MR) is 118 cm³/mol. The van der Waals surface area contributed by atoms with Crippen LogP contribution in [0.5, 0.6) is 0 Å². The van der Waals surface area contributed by atoms with Crippen molar-refractivity contribution >= 4 is 27.5 Å². The highest BCUT2D eigenvalue weighted by molar-refractivity contribution is 9.10. The lowest BCUT2D eigenvalue weighted by Crippen LogP contribution is -2.14. The van der Waals surface area contributed by atoms with Crippen molar-refractivity contribution in [2.24, 2.45) is 0 Å². The number of aromatic nitrogens is 3. The summed E-state index contributed by atoms with van der Waals surface area (Å²) in [5.41, 5.74) is 4.66. The van der Waals surface area contributed by atoms with Gasteiger partial charge in [-0.25, -0.2) is 9.67 Å². The number of hydrogen-bond donors (Lipinski definition) is 1. The normalized spacial score (nSPS) is 10.7. The Kier molecular flexibility index (Phi) is 5.27. The molecule has 4 aromatic rings. The number of rotatable bonds is 4. The first-order chi connectivity index (χ1) is 14.0. The number of amides is 1. The van der Waals surface area contributed by atoms with E-state index < -0.39 is 0 Å². The molecule has 0 saturated carbocycles. The summed E-state index contributed by atoms with van der Waals surface area (Å²) in [5.74, 6) is 0.381. The van der Waals surface area contributed by atoms with Crippen molar-refractivity contribution in [3.63, 3.8) is 0 Å². The summed E-state index contributed by atoms with van der Waals surface area (Å²) in [6.07, 6.45) is 0. The zero-order chi connectivity index (χ0) is 20.4. The molecule has 3 aromatic carbocycles. The van der Waals surface area contributed by atoms with Crippen molar-refractivity contribution in [1.82, 2.24) is 14.8 Å². The van der Waals surface area contributed by atoms with E-state index in [0.29, 0.717) is 11.5 Å². The van der Waals surface area contributed by atoms with Crippen molar-refractivity contribution in [2.75, 3.05) is 5.32 Å². The fraction of sp³-hybridized carbons (Fsp3) is 0.0870. The third kappa shape index (κ3) is 4.12. The van der Waals surface area contributed by atoms with Crippen LogP contribution in [-0.2, 0) is 0 Å². The van der Waals surface area contributed by atoms with E-state index in [1.54, 1.807) is 4.68 Å². The summed E-state index contributed by atoms with van der Waals surface area (Å²) in [5, 5.41) is 7.40. The number of hydrogen-bond acceptors (Lipinski definition) is 3. The zero-order valence-electron chi connectivity index (χ0n) is 16.1. The van der Waals surface area contributed by atoms with Crippen molar-refractivity contribution in [3.8, 4) is 17.1 Å². The highest BCUT2D eigenvalue weighted by Crippen LogP contribution is 2.24. The van der Waals surface area contributed by atoms with Crippen LogP contribution >= 0.6 is 15.9 Å². The molecule has 0 unspecified atom stereocenters. The second kappa shape index (κ2) is 8.01. The lowest BCUT2D eigenvalue weighted by Gasteiger charge is -2.08. The van der Waals surface area contributed by atoms with Crippen LogP contribution in [0.2, 0.25) is 0 Å². The van der Waals surface area contributed by atoms with Crippen LogP contribution in [0, 0.1) is 13.8 Å². The Labute approximate surface area is 177 Å². The third-order valence-corrected chi connectivity index (χ3v) is 5.04. The van der Waals surface area contributed by atoms with Crippen LogP contribution < -0.4 is 5.32 Å². The van der Waals surface area contributed by atoms with Gasteiger partial charge in [0.1, 0.15) is 0 Å². The quantitative estimate of drug-likeness (QED) is 0.445. The van der Waals surface area contributed by atoms with E-state index in [-0.39, 0.29) is 11.7 Å². The second-order valence-corrected chi connectivity index (χ2v) is 7.70. The maximum Gasteiger partial charge on any atom is 0.295 e. The number of halogens is 1. The van der Waals surface area contributed by atoms with Gasteiger partial charge in [0, 0.05) is 15.7 Å². The summed E-state index contributed by atoms with van der Waals surface area (Å²) in [6.45, 7) is 4.05. The van der Waals surface area contributed by atoms with E-state index in [0.717, 1.165) is 26.9 Å². The molecule has 29 heavy (non-hydrogen) atoms. The largest absolute Gasteiger partial charge is 0.319 e. The molecule has 0 radical (unpaired) electrons. The van der Waals surface area contributed by atoms with Crippen molar-refractivity contribution < 1.29 is 4.79 Å². The minimum absolute atomic E-state index is 0.115. The zero-order valence-corrected chi connectivity index (χ0v) is 17.6. The maximum absolute atomic E-state index is 12.8.